The summed E-state index contributed by atoms with van der Waals surface area (Å²) in [5.74, 6) is 0. The first-order valence-electron chi connectivity index (χ1n) is 13.0. The number of aromatic nitrogens is 1. The van der Waals surface area contributed by atoms with E-state index in [0.29, 0.717) is 0 Å². The highest BCUT2D eigenvalue weighted by Gasteiger charge is 2.12. The van der Waals surface area contributed by atoms with Gasteiger partial charge in [-0.2, -0.15) is 0 Å². The Labute approximate surface area is 225 Å². The molecule has 38 heavy (non-hydrogen) atoms. The van der Waals surface area contributed by atoms with Crippen molar-refractivity contribution in [2.45, 2.75) is 13.8 Å². The van der Waals surface area contributed by atoms with Crippen molar-refractivity contribution in [3.05, 3.63) is 151 Å². The van der Waals surface area contributed by atoms with Gasteiger partial charge in [-0.1, -0.05) is 108 Å². The van der Waals surface area contributed by atoms with E-state index < -0.39 is 0 Å². The zero-order chi connectivity index (χ0) is 25.9. The average molecular weight is 488 g/mol. The fraction of sp³-hybridized carbons (Fsp3) is 0.0541. The molecule has 0 aliphatic carbocycles. The molecule has 182 valence electrons. The van der Waals surface area contributed by atoms with Crippen LogP contribution in [0.4, 0.5) is 0 Å². The Morgan fingerprint density at radius 2 is 0.684 bits per heavy atom. The van der Waals surface area contributed by atoms with E-state index in [1.165, 1.54) is 38.9 Å². The van der Waals surface area contributed by atoms with Crippen molar-refractivity contribution < 1.29 is 0 Å². The Morgan fingerprint density at radius 1 is 0.316 bits per heavy atom. The van der Waals surface area contributed by atoms with Gasteiger partial charge in [-0.05, 0) is 89.7 Å². The normalized spacial score (nSPS) is 10.9. The maximum absolute atomic E-state index is 5.14. The van der Waals surface area contributed by atoms with Crippen LogP contribution in [0.3, 0.4) is 0 Å². The van der Waals surface area contributed by atoms with Crippen molar-refractivity contribution in [2.75, 3.05) is 0 Å². The first kappa shape index (κ1) is 23.6. The van der Waals surface area contributed by atoms with E-state index in [2.05, 4.69) is 153 Å². The van der Waals surface area contributed by atoms with Crippen LogP contribution in [0.5, 0.6) is 0 Å². The van der Waals surface area contributed by atoms with Crippen LogP contribution in [0.15, 0.2) is 140 Å². The largest absolute Gasteiger partial charge is 0.248 e. The predicted octanol–water partition coefficient (Wildman–Crippen LogP) is 10.0. The molecular weight excluding hydrogens is 458 g/mol. The van der Waals surface area contributed by atoms with Crippen LogP contribution in [0, 0.1) is 13.8 Å². The van der Waals surface area contributed by atoms with Crippen LogP contribution in [0.25, 0.3) is 55.9 Å². The summed E-state index contributed by atoms with van der Waals surface area (Å²) in [4.78, 5) is 5.14. The Morgan fingerprint density at radius 3 is 1.11 bits per heavy atom. The van der Waals surface area contributed by atoms with Gasteiger partial charge in [0.25, 0.3) is 0 Å². The van der Waals surface area contributed by atoms with E-state index in [4.69, 9.17) is 4.98 Å². The Balaban J connectivity index is 1.59. The molecule has 0 amide bonds. The monoisotopic (exact) mass is 487 g/mol. The van der Waals surface area contributed by atoms with E-state index in [1.807, 2.05) is 0 Å². The highest BCUT2D eigenvalue weighted by atomic mass is 14.7. The maximum Gasteiger partial charge on any atom is 0.0715 e. The standard InChI is InChI=1S/C37H29N/c1-26-11-9-17-30(19-26)36-24-35(25-37(38-36)31-18-10-12-27(2)20-31)34-22-32(28-13-5-3-6-14-28)21-33(23-34)29-15-7-4-8-16-29/h3-25H,1-2H3. The van der Waals surface area contributed by atoms with Gasteiger partial charge in [-0.15, -0.1) is 0 Å². The van der Waals surface area contributed by atoms with Gasteiger partial charge in [0.2, 0.25) is 0 Å². The summed E-state index contributed by atoms with van der Waals surface area (Å²) in [6.07, 6.45) is 0. The molecule has 0 bridgehead atoms. The van der Waals surface area contributed by atoms with E-state index in [1.54, 1.807) is 0 Å². The van der Waals surface area contributed by atoms with Crippen LogP contribution in [0.1, 0.15) is 11.1 Å². The first-order chi connectivity index (χ1) is 18.6. The van der Waals surface area contributed by atoms with Crippen LogP contribution in [-0.2, 0) is 0 Å². The third kappa shape index (κ3) is 5.05. The summed E-state index contributed by atoms with van der Waals surface area (Å²) in [7, 11) is 0. The molecule has 6 aromatic rings. The molecule has 1 heteroatoms. The molecule has 0 saturated heterocycles. The molecule has 0 saturated carbocycles. The summed E-state index contributed by atoms with van der Waals surface area (Å²) in [5, 5.41) is 0. The second kappa shape index (κ2) is 10.3. The molecule has 0 aliphatic rings. The highest BCUT2D eigenvalue weighted by Crippen LogP contribution is 2.36. The van der Waals surface area contributed by atoms with Crippen molar-refractivity contribution in [1.82, 2.24) is 4.98 Å². The van der Waals surface area contributed by atoms with Gasteiger partial charge in [-0.3, -0.25) is 0 Å². The second-order valence-corrected chi connectivity index (χ2v) is 9.90. The molecule has 5 aromatic carbocycles. The Hall–Kier alpha value is -4.75. The lowest BCUT2D eigenvalue weighted by atomic mass is 9.92. The topological polar surface area (TPSA) is 12.9 Å². The fourth-order valence-corrected chi connectivity index (χ4v) is 4.99. The van der Waals surface area contributed by atoms with Crippen molar-refractivity contribution >= 4 is 0 Å². The minimum absolute atomic E-state index is 0.981. The third-order valence-electron chi connectivity index (χ3n) is 6.93. The lowest BCUT2D eigenvalue weighted by Gasteiger charge is -2.14. The quantitative estimate of drug-likeness (QED) is 0.236. The van der Waals surface area contributed by atoms with Gasteiger partial charge in [0.1, 0.15) is 0 Å². The first-order valence-corrected chi connectivity index (χ1v) is 13.0. The summed E-state index contributed by atoms with van der Waals surface area (Å²) in [5.41, 5.74) is 13.8. The lowest BCUT2D eigenvalue weighted by molar-refractivity contribution is 1.31. The molecule has 1 heterocycles. The molecule has 0 unspecified atom stereocenters. The summed E-state index contributed by atoms with van der Waals surface area (Å²) >= 11 is 0. The number of pyridine rings is 1. The summed E-state index contributed by atoms with van der Waals surface area (Å²) in [6, 6.07) is 49.8. The number of rotatable bonds is 5. The number of nitrogens with zero attached hydrogens (tertiary/aromatic N) is 1. The maximum atomic E-state index is 5.14. The number of aryl methyl sites for hydroxylation is 2. The molecule has 0 atom stereocenters. The number of hydrogen-bond acceptors (Lipinski definition) is 1. The molecule has 0 spiro atoms. The van der Waals surface area contributed by atoms with Crippen molar-refractivity contribution in [3.8, 4) is 55.9 Å². The van der Waals surface area contributed by atoms with Gasteiger partial charge in [0.15, 0.2) is 0 Å². The van der Waals surface area contributed by atoms with Gasteiger partial charge in [0, 0.05) is 11.1 Å². The average Bonchev–Trinajstić information content (AvgIpc) is 2.97. The summed E-state index contributed by atoms with van der Waals surface area (Å²) in [6.45, 7) is 4.26. The van der Waals surface area contributed by atoms with Crippen LogP contribution >= 0.6 is 0 Å². The lowest BCUT2D eigenvalue weighted by Crippen LogP contribution is -1.93. The Bertz CT molecular complexity index is 1590. The molecule has 6 rings (SSSR count). The smallest absolute Gasteiger partial charge is 0.0715 e. The highest BCUT2D eigenvalue weighted by molar-refractivity contribution is 5.84. The summed E-state index contributed by atoms with van der Waals surface area (Å²) < 4.78 is 0. The zero-order valence-electron chi connectivity index (χ0n) is 21.7. The fourth-order valence-electron chi connectivity index (χ4n) is 4.99. The minimum Gasteiger partial charge on any atom is -0.248 e. The molecular formula is C37H29N. The van der Waals surface area contributed by atoms with Crippen molar-refractivity contribution in [2.24, 2.45) is 0 Å². The molecule has 0 aliphatic heterocycles. The molecule has 0 fully saturated rings. The number of benzene rings is 5. The van der Waals surface area contributed by atoms with Gasteiger partial charge in [-0.25, -0.2) is 4.98 Å². The predicted molar refractivity (Wildman–Crippen MR) is 161 cm³/mol. The Kier molecular flexibility index (Phi) is 6.42. The van der Waals surface area contributed by atoms with E-state index in [0.717, 1.165) is 28.1 Å². The minimum atomic E-state index is 0.981. The molecule has 1 aromatic heterocycles. The van der Waals surface area contributed by atoms with Crippen molar-refractivity contribution in [3.63, 3.8) is 0 Å². The van der Waals surface area contributed by atoms with Gasteiger partial charge >= 0.3 is 0 Å². The number of hydrogen-bond donors (Lipinski definition) is 0. The van der Waals surface area contributed by atoms with Gasteiger partial charge in [0.05, 0.1) is 11.4 Å². The third-order valence-corrected chi connectivity index (χ3v) is 6.93. The van der Waals surface area contributed by atoms with E-state index in [9.17, 15) is 0 Å². The van der Waals surface area contributed by atoms with Crippen molar-refractivity contribution in [1.29, 1.82) is 0 Å². The molecule has 1 nitrogen and oxygen atoms in total. The van der Waals surface area contributed by atoms with E-state index in [-0.39, 0.29) is 0 Å². The van der Waals surface area contributed by atoms with Crippen LogP contribution in [-0.4, -0.2) is 4.98 Å². The molecule has 0 N–H and O–H groups in total. The second-order valence-electron chi connectivity index (χ2n) is 9.90. The molecule has 0 radical (unpaired) electrons. The van der Waals surface area contributed by atoms with Crippen LogP contribution < -0.4 is 0 Å². The van der Waals surface area contributed by atoms with E-state index >= 15 is 0 Å². The zero-order valence-corrected chi connectivity index (χ0v) is 21.7. The SMILES string of the molecule is Cc1cccc(-c2cc(-c3cc(-c4ccccc4)cc(-c4ccccc4)c3)cc(-c3cccc(C)c3)n2)c1. The van der Waals surface area contributed by atoms with Gasteiger partial charge < -0.3 is 0 Å². The van der Waals surface area contributed by atoms with Crippen LogP contribution in [0.2, 0.25) is 0 Å².